The number of carbonyl (C=O) groups is 2. The number of nitrogens with zero attached hydrogens (tertiary/aromatic N) is 1. The van der Waals surface area contributed by atoms with E-state index in [2.05, 4.69) is 5.32 Å². The topological polar surface area (TPSA) is 78.9 Å². The highest BCUT2D eigenvalue weighted by Gasteiger charge is 2.13. The molecule has 1 aromatic carbocycles. The molecule has 0 radical (unpaired) electrons. The predicted octanol–water partition coefficient (Wildman–Crippen LogP) is 2.67. The Morgan fingerprint density at radius 1 is 1.04 bits per heavy atom. The van der Waals surface area contributed by atoms with Crippen LogP contribution in [0.5, 0.6) is 5.75 Å². The number of ether oxygens (including phenoxy) is 1. The molecule has 1 aromatic rings. The number of benzene rings is 1. The van der Waals surface area contributed by atoms with E-state index in [4.69, 9.17) is 9.84 Å². The molecule has 1 fully saturated rings. The quantitative estimate of drug-likeness (QED) is 0.838. The van der Waals surface area contributed by atoms with Crippen LogP contribution in [0.4, 0.5) is 4.79 Å². The zero-order chi connectivity index (χ0) is 17.2. The zero-order valence-electron chi connectivity index (χ0n) is 14.0. The maximum atomic E-state index is 12.2. The number of hydrogen-bond donors (Lipinski definition) is 2. The fraction of sp³-hybridized carbons (Fsp3) is 0.556. The van der Waals surface area contributed by atoms with Gasteiger partial charge in [-0.05, 0) is 37.0 Å². The van der Waals surface area contributed by atoms with Gasteiger partial charge in [-0.15, -0.1) is 0 Å². The van der Waals surface area contributed by atoms with E-state index in [1.54, 1.807) is 12.1 Å². The van der Waals surface area contributed by atoms with Crippen LogP contribution in [-0.4, -0.2) is 48.2 Å². The molecule has 1 aliphatic rings. The zero-order valence-corrected chi connectivity index (χ0v) is 14.0. The first kappa shape index (κ1) is 18.1. The normalized spacial score (nSPS) is 15.2. The van der Waals surface area contributed by atoms with Crippen LogP contribution in [0.15, 0.2) is 24.3 Å². The molecule has 6 heteroatoms. The summed E-state index contributed by atoms with van der Waals surface area (Å²) in [5, 5.41) is 11.6. The highest BCUT2D eigenvalue weighted by molar-refractivity contribution is 5.74. The molecule has 2 rings (SSSR count). The first-order valence-corrected chi connectivity index (χ1v) is 8.61. The summed E-state index contributed by atoms with van der Waals surface area (Å²) < 4.78 is 5.09. The fourth-order valence-electron chi connectivity index (χ4n) is 2.77. The fourth-order valence-corrected chi connectivity index (χ4v) is 2.77. The lowest BCUT2D eigenvalue weighted by atomic mass is 10.1. The molecule has 1 aliphatic heterocycles. The Labute approximate surface area is 142 Å². The summed E-state index contributed by atoms with van der Waals surface area (Å²) in [5.74, 6) is -0.461. The monoisotopic (exact) mass is 334 g/mol. The van der Waals surface area contributed by atoms with Crippen molar-refractivity contribution in [3.63, 3.8) is 0 Å². The van der Waals surface area contributed by atoms with E-state index in [0.717, 1.165) is 37.9 Å². The van der Waals surface area contributed by atoms with Crippen LogP contribution in [0, 0.1) is 0 Å². The van der Waals surface area contributed by atoms with Gasteiger partial charge >= 0.3 is 12.0 Å². The summed E-state index contributed by atoms with van der Waals surface area (Å²) in [6.07, 6.45) is 6.61. The van der Waals surface area contributed by atoms with E-state index < -0.39 is 5.97 Å². The van der Waals surface area contributed by atoms with E-state index in [0.29, 0.717) is 12.3 Å². The van der Waals surface area contributed by atoms with E-state index >= 15 is 0 Å². The van der Waals surface area contributed by atoms with Gasteiger partial charge in [0.2, 0.25) is 0 Å². The molecule has 24 heavy (non-hydrogen) atoms. The lowest BCUT2D eigenvalue weighted by molar-refractivity contribution is -0.139. The van der Waals surface area contributed by atoms with Crippen molar-refractivity contribution in [2.45, 2.75) is 38.5 Å². The Kier molecular flexibility index (Phi) is 7.39. The molecule has 0 unspecified atom stereocenters. The van der Waals surface area contributed by atoms with E-state index in [1.807, 2.05) is 17.0 Å². The van der Waals surface area contributed by atoms with Crippen molar-refractivity contribution in [3.05, 3.63) is 29.8 Å². The Balaban J connectivity index is 1.70. The van der Waals surface area contributed by atoms with Crippen LogP contribution < -0.4 is 10.1 Å². The molecule has 0 atom stereocenters. The number of rotatable bonds is 6. The van der Waals surface area contributed by atoms with Crippen LogP contribution in [0.2, 0.25) is 0 Å². The minimum atomic E-state index is -0.994. The number of urea groups is 1. The van der Waals surface area contributed by atoms with Crippen molar-refractivity contribution in [2.75, 3.05) is 26.2 Å². The number of aliphatic carboxylic acids is 1. The maximum Gasteiger partial charge on any atom is 0.341 e. The molecule has 1 saturated heterocycles. The predicted molar refractivity (Wildman–Crippen MR) is 91.3 cm³/mol. The van der Waals surface area contributed by atoms with Crippen LogP contribution >= 0.6 is 0 Å². The number of amides is 2. The van der Waals surface area contributed by atoms with E-state index in [-0.39, 0.29) is 12.6 Å². The van der Waals surface area contributed by atoms with Gasteiger partial charge in [0.15, 0.2) is 6.61 Å². The van der Waals surface area contributed by atoms with Gasteiger partial charge in [0.05, 0.1) is 0 Å². The molecule has 0 saturated carbocycles. The van der Waals surface area contributed by atoms with Crippen molar-refractivity contribution >= 4 is 12.0 Å². The molecule has 0 aromatic heterocycles. The molecule has 132 valence electrons. The molecule has 6 nitrogen and oxygen atoms in total. The van der Waals surface area contributed by atoms with Crippen molar-refractivity contribution in [3.8, 4) is 5.75 Å². The van der Waals surface area contributed by atoms with E-state index in [9.17, 15) is 9.59 Å². The number of carbonyl (C=O) groups excluding carboxylic acids is 1. The Morgan fingerprint density at radius 2 is 1.67 bits per heavy atom. The van der Waals surface area contributed by atoms with Crippen LogP contribution in [0.3, 0.4) is 0 Å². The molecular weight excluding hydrogens is 308 g/mol. The van der Waals surface area contributed by atoms with Gasteiger partial charge in [-0.3, -0.25) is 0 Å². The lowest BCUT2D eigenvalue weighted by Crippen LogP contribution is -2.42. The summed E-state index contributed by atoms with van der Waals surface area (Å²) in [4.78, 5) is 24.6. The van der Waals surface area contributed by atoms with Gasteiger partial charge in [-0.2, -0.15) is 0 Å². The molecule has 1 heterocycles. The molecule has 2 N–H and O–H groups in total. The van der Waals surface area contributed by atoms with Crippen molar-refractivity contribution in [1.82, 2.24) is 10.2 Å². The maximum absolute atomic E-state index is 12.2. The van der Waals surface area contributed by atoms with Gasteiger partial charge in [0.1, 0.15) is 5.75 Å². The van der Waals surface area contributed by atoms with Crippen LogP contribution in [-0.2, 0) is 11.2 Å². The SMILES string of the molecule is O=C(O)COc1ccc(CCNC(=O)N2CCCCCCC2)cc1. The Hall–Kier alpha value is -2.24. The first-order chi connectivity index (χ1) is 11.6. The summed E-state index contributed by atoms with van der Waals surface area (Å²) in [5.41, 5.74) is 1.07. The average Bonchev–Trinajstić information content (AvgIpc) is 2.53. The summed E-state index contributed by atoms with van der Waals surface area (Å²) in [7, 11) is 0. The summed E-state index contributed by atoms with van der Waals surface area (Å²) in [6.45, 7) is 1.94. The third kappa shape index (κ3) is 6.48. The van der Waals surface area contributed by atoms with Gasteiger partial charge in [0.25, 0.3) is 0 Å². The Bertz CT molecular complexity index is 522. The molecule has 0 bridgehead atoms. The molecule has 0 aliphatic carbocycles. The van der Waals surface area contributed by atoms with Gasteiger partial charge < -0.3 is 20.1 Å². The molecule has 0 spiro atoms. The smallest absolute Gasteiger partial charge is 0.341 e. The van der Waals surface area contributed by atoms with Crippen molar-refractivity contribution < 1.29 is 19.4 Å². The second kappa shape index (κ2) is 9.80. The van der Waals surface area contributed by atoms with Crippen LogP contribution in [0.25, 0.3) is 0 Å². The average molecular weight is 334 g/mol. The standard InChI is InChI=1S/C18H26N2O4/c21-17(22)14-24-16-8-6-15(7-9-16)10-11-19-18(23)20-12-4-2-1-3-5-13-20/h6-9H,1-5,10-14H2,(H,19,23)(H,21,22). The number of likely N-dealkylation sites (tertiary alicyclic amines) is 1. The minimum Gasteiger partial charge on any atom is -0.482 e. The van der Waals surface area contributed by atoms with Gasteiger partial charge in [0, 0.05) is 19.6 Å². The highest BCUT2D eigenvalue weighted by Crippen LogP contribution is 2.13. The lowest BCUT2D eigenvalue weighted by Gasteiger charge is -2.25. The second-order valence-electron chi connectivity index (χ2n) is 6.06. The molecule has 2 amide bonds. The Morgan fingerprint density at radius 3 is 2.29 bits per heavy atom. The van der Waals surface area contributed by atoms with Gasteiger partial charge in [-0.1, -0.05) is 31.4 Å². The first-order valence-electron chi connectivity index (χ1n) is 8.61. The van der Waals surface area contributed by atoms with E-state index in [1.165, 1.54) is 19.3 Å². The molecular formula is C18H26N2O4. The third-order valence-electron chi connectivity index (χ3n) is 4.12. The number of carboxylic acids is 1. The largest absolute Gasteiger partial charge is 0.482 e. The van der Waals surface area contributed by atoms with Gasteiger partial charge in [-0.25, -0.2) is 9.59 Å². The minimum absolute atomic E-state index is 0.0262. The number of nitrogens with one attached hydrogen (secondary N) is 1. The van der Waals surface area contributed by atoms with Crippen molar-refractivity contribution in [1.29, 1.82) is 0 Å². The van der Waals surface area contributed by atoms with Crippen LogP contribution in [0.1, 0.15) is 37.7 Å². The van der Waals surface area contributed by atoms with Crippen molar-refractivity contribution in [2.24, 2.45) is 0 Å². The second-order valence-corrected chi connectivity index (χ2v) is 6.06. The number of carboxylic acid groups (broad SMARTS) is 1. The third-order valence-corrected chi connectivity index (χ3v) is 4.12. The summed E-state index contributed by atoms with van der Waals surface area (Å²) >= 11 is 0. The summed E-state index contributed by atoms with van der Waals surface area (Å²) in [6, 6.07) is 7.30. The number of hydrogen-bond acceptors (Lipinski definition) is 3. The highest BCUT2D eigenvalue weighted by atomic mass is 16.5.